The Morgan fingerprint density at radius 1 is 1.12 bits per heavy atom. The van der Waals surface area contributed by atoms with Gasteiger partial charge in [-0.15, -0.1) is 0 Å². The molecule has 2 heteroatoms. The maximum Gasteiger partial charge on any atom is 0.0195 e. The van der Waals surface area contributed by atoms with E-state index < -0.39 is 0 Å². The third-order valence-electron chi connectivity index (χ3n) is 5.21. The van der Waals surface area contributed by atoms with Gasteiger partial charge in [0.25, 0.3) is 0 Å². The lowest BCUT2D eigenvalue weighted by Crippen LogP contribution is -2.48. The first-order valence-corrected chi connectivity index (χ1v) is 7.66. The molecule has 3 aliphatic rings. The van der Waals surface area contributed by atoms with Crippen LogP contribution in [0.4, 0.5) is 0 Å². The summed E-state index contributed by atoms with van der Waals surface area (Å²) in [6.07, 6.45) is 10.0. The van der Waals surface area contributed by atoms with E-state index in [0.29, 0.717) is 5.41 Å². The highest BCUT2D eigenvalue weighted by molar-refractivity contribution is 4.99. The Bertz CT molecular complexity index is 264. The second-order valence-corrected chi connectivity index (χ2v) is 7.12. The minimum atomic E-state index is 0.557. The molecule has 2 unspecified atom stereocenters. The van der Waals surface area contributed by atoms with E-state index in [0.717, 1.165) is 18.1 Å². The highest BCUT2D eigenvalue weighted by Crippen LogP contribution is 2.44. The summed E-state index contributed by atoms with van der Waals surface area (Å²) in [6, 6.07) is 2.57. The second-order valence-electron chi connectivity index (χ2n) is 7.12. The van der Waals surface area contributed by atoms with Crippen LogP contribution in [0.2, 0.25) is 0 Å². The van der Waals surface area contributed by atoms with Crippen molar-refractivity contribution in [2.75, 3.05) is 13.1 Å². The number of hydrogen-bond donors (Lipinski definition) is 1. The van der Waals surface area contributed by atoms with Crippen LogP contribution in [0.25, 0.3) is 0 Å². The van der Waals surface area contributed by atoms with E-state index in [1.165, 1.54) is 58.0 Å². The molecule has 0 aromatic heterocycles. The summed E-state index contributed by atoms with van der Waals surface area (Å²) in [5.74, 6) is 0. The lowest BCUT2D eigenvalue weighted by atomic mass is 9.86. The quantitative estimate of drug-likeness (QED) is 0.807. The average Bonchev–Trinajstić information content (AvgIpc) is 2.88. The summed E-state index contributed by atoms with van der Waals surface area (Å²) in [4.78, 5) is 2.88. The molecule has 0 bridgehead atoms. The normalized spacial score (nSPS) is 36.9. The van der Waals surface area contributed by atoms with E-state index in [4.69, 9.17) is 0 Å². The van der Waals surface area contributed by atoms with Crippen molar-refractivity contribution in [3.8, 4) is 0 Å². The number of rotatable bonds is 4. The topological polar surface area (TPSA) is 15.3 Å². The van der Waals surface area contributed by atoms with Crippen LogP contribution < -0.4 is 5.32 Å². The standard InChI is InChI=1S/C15H28N2/c1-15(2)9-3-6-14(15)17(13-7-8-13)11-12-5-4-10-16-12/h12-14,16H,3-11H2,1-2H3. The van der Waals surface area contributed by atoms with Gasteiger partial charge in [0.15, 0.2) is 0 Å². The van der Waals surface area contributed by atoms with Crippen LogP contribution in [0.3, 0.4) is 0 Å². The van der Waals surface area contributed by atoms with Gasteiger partial charge in [-0.2, -0.15) is 0 Å². The summed E-state index contributed by atoms with van der Waals surface area (Å²) in [5.41, 5.74) is 0.557. The van der Waals surface area contributed by atoms with E-state index >= 15 is 0 Å². The molecule has 1 aliphatic heterocycles. The van der Waals surface area contributed by atoms with Crippen molar-refractivity contribution in [3.63, 3.8) is 0 Å². The Hall–Kier alpha value is -0.0800. The molecule has 2 saturated carbocycles. The van der Waals surface area contributed by atoms with Crippen LogP contribution in [0.15, 0.2) is 0 Å². The molecule has 17 heavy (non-hydrogen) atoms. The molecule has 3 rings (SSSR count). The predicted molar refractivity (Wildman–Crippen MR) is 72.2 cm³/mol. The fourth-order valence-corrected chi connectivity index (χ4v) is 4.03. The van der Waals surface area contributed by atoms with Gasteiger partial charge in [-0.1, -0.05) is 20.3 Å². The molecule has 0 aromatic carbocycles. The van der Waals surface area contributed by atoms with Crippen LogP contribution in [0.1, 0.15) is 58.8 Å². The Kier molecular flexibility index (Phi) is 3.20. The molecule has 1 heterocycles. The molecule has 2 atom stereocenters. The lowest BCUT2D eigenvalue weighted by Gasteiger charge is -2.39. The van der Waals surface area contributed by atoms with Gasteiger partial charge in [0.1, 0.15) is 0 Å². The van der Waals surface area contributed by atoms with Crippen molar-refractivity contribution in [2.24, 2.45) is 5.41 Å². The van der Waals surface area contributed by atoms with Crippen molar-refractivity contribution < 1.29 is 0 Å². The molecule has 2 aliphatic carbocycles. The van der Waals surface area contributed by atoms with Crippen LogP contribution in [0, 0.1) is 5.41 Å². The molecule has 2 nitrogen and oxygen atoms in total. The van der Waals surface area contributed by atoms with Crippen molar-refractivity contribution in [3.05, 3.63) is 0 Å². The van der Waals surface area contributed by atoms with Crippen molar-refractivity contribution in [2.45, 2.75) is 76.9 Å². The zero-order chi connectivity index (χ0) is 11.9. The van der Waals surface area contributed by atoms with E-state index in [9.17, 15) is 0 Å². The molecular weight excluding hydrogens is 208 g/mol. The van der Waals surface area contributed by atoms with E-state index in [2.05, 4.69) is 24.1 Å². The van der Waals surface area contributed by atoms with E-state index in [1.54, 1.807) is 0 Å². The van der Waals surface area contributed by atoms with Crippen LogP contribution in [-0.2, 0) is 0 Å². The minimum Gasteiger partial charge on any atom is -0.313 e. The lowest BCUT2D eigenvalue weighted by molar-refractivity contribution is 0.0957. The Balaban J connectivity index is 1.66. The molecule has 1 saturated heterocycles. The number of nitrogens with one attached hydrogen (secondary N) is 1. The SMILES string of the molecule is CC1(C)CCCC1N(CC1CCCN1)C1CC1. The van der Waals surface area contributed by atoms with Gasteiger partial charge in [-0.25, -0.2) is 0 Å². The summed E-state index contributed by atoms with van der Waals surface area (Å²) in [5, 5.41) is 3.68. The van der Waals surface area contributed by atoms with Crippen molar-refractivity contribution in [1.29, 1.82) is 0 Å². The zero-order valence-electron chi connectivity index (χ0n) is 11.5. The molecule has 0 amide bonds. The second kappa shape index (κ2) is 4.55. The molecule has 0 aromatic rings. The van der Waals surface area contributed by atoms with Gasteiger partial charge in [0, 0.05) is 24.7 Å². The predicted octanol–water partition coefficient (Wildman–Crippen LogP) is 2.78. The summed E-state index contributed by atoms with van der Waals surface area (Å²) in [6.45, 7) is 7.54. The number of nitrogens with zero attached hydrogens (tertiary/aromatic N) is 1. The third kappa shape index (κ3) is 2.53. The molecule has 98 valence electrons. The highest BCUT2D eigenvalue weighted by Gasteiger charge is 2.44. The van der Waals surface area contributed by atoms with Crippen LogP contribution in [-0.4, -0.2) is 36.1 Å². The first-order chi connectivity index (χ1) is 8.17. The minimum absolute atomic E-state index is 0.557. The van der Waals surface area contributed by atoms with Gasteiger partial charge in [0.05, 0.1) is 0 Å². The molecule has 0 radical (unpaired) electrons. The van der Waals surface area contributed by atoms with Crippen LogP contribution >= 0.6 is 0 Å². The van der Waals surface area contributed by atoms with Gasteiger partial charge >= 0.3 is 0 Å². The van der Waals surface area contributed by atoms with E-state index in [-0.39, 0.29) is 0 Å². The monoisotopic (exact) mass is 236 g/mol. The smallest absolute Gasteiger partial charge is 0.0195 e. The zero-order valence-corrected chi connectivity index (χ0v) is 11.5. The largest absolute Gasteiger partial charge is 0.313 e. The fraction of sp³-hybridized carbons (Fsp3) is 1.00. The average molecular weight is 236 g/mol. The van der Waals surface area contributed by atoms with Gasteiger partial charge in [-0.3, -0.25) is 4.90 Å². The molecule has 0 spiro atoms. The molecular formula is C15H28N2. The Morgan fingerprint density at radius 2 is 1.94 bits per heavy atom. The third-order valence-corrected chi connectivity index (χ3v) is 5.21. The molecule has 3 fully saturated rings. The molecule has 1 N–H and O–H groups in total. The Labute approximate surface area is 106 Å². The van der Waals surface area contributed by atoms with Gasteiger partial charge < -0.3 is 5.32 Å². The van der Waals surface area contributed by atoms with Gasteiger partial charge in [-0.05, 0) is 50.5 Å². The van der Waals surface area contributed by atoms with Gasteiger partial charge in [0.2, 0.25) is 0 Å². The van der Waals surface area contributed by atoms with E-state index in [1.807, 2.05) is 0 Å². The van der Waals surface area contributed by atoms with Crippen molar-refractivity contribution >= 4 is 0 Å². The summed E-state index contributed by atoms with van der Waals surface area (Å²) in [7, 11) is 0. The first-order valence-electron chi connectivity index (χ1n) is 7.66. The summed E-state index contributed by atoms with van der Waals surface area (Å²) >= 11 is 0. The highest BCUT2D eigenvalue weighted by atomic mass is 15.2. The maximum atomic E-state index is 3.68. The first kappa shape index (κ1) is 12.0. The van der Waals surface area contributed by atoms with Crippen LogP contribution in [0.5, 0.6) is 0 Å². The Morgan fingerprint density at radius 3 is 2.47 bits per heavy atom. The fourth-order valence-electron chi connectivity index (χ4n) is 4.03. The summed E-state index contributed by atoms with van der Waals surface area (Å²) < 4.78 is 0. The number of hydrogen-bond acceptors (Lipinski definition) is 2. The maximum absolute atomic E-state index is 3.68. The van der Waals surface area contributed by atoms with Crippen molar-refractivity contribution in [1.82, 2.24) is 10.2 Å².